The Hall–Kier alpha value is -2.96. The first-order chi connectivity index (χ1) is 11.8. The molecular formula is C18H21N7. The van der Waals surface area contributed by atoms with Gasteiger partial charge in [-0.25, -0.2) is 15.0 Å². The fourth-order valence-corrected chi connectivity index (χ4v) is 3.15. The lowest BCUT2D eigenvalue weighted by Crippen LogP contribution is -2.17. The molecule has 0 spiro atoms. The van der Waals surface area contributed by atoms with Crippen molar-refractivity contribution in [2.45, 2.75) is 26.2 Å². The molecule has 25 heavy (non-hydrogen) atoms. The van der Waals surface area contributed by atoms with Gasteiger partial charge in [0.1, 0.15) is 18.0 Å². The normalized spacial score (nSPS) is 12.2. The average Bonchev–Trinajstić information content (AvgIpc) is 3.09. The number of benzene rings is 1. The fourth-order valence-electron chi connectivity index (χ4n) is 3.15. The first-order valence-corrected chi connectivity index (χ1v) is 8.21. The number of aromatic nitrogens is 6. The smallest absolute Gasteiger partial charge is 0.163 e. The molecule has 0 saturated carbocycles. The van der Waals surface area contributed by atoms with Crippen molar-refractivity contribution in [3.63, 3.8) is 0 Å². The number of aryl methyl sites for hydroxylation is 2. The number of hydrogen-bond donors (Lipinski definition) is 1. The molecule has 1 N–H and O–H groups in total. The van der Waals surface area contributed by atoms with Crippen molar-refractivity contribution in [1.29, 1.82) is 0 Å². The number of nitrogens with one attached hydrogen (secondary N) is 1. The maximum atomic E-state index is 4.83. The van der Waals surface area contributed by atoms with Gasteiger partial charge in [-0.1, -0.05) is 20.8 Å². The Kier molecular flexibility index (Phi) is 3.28. The van der Waals surface area contributed by atoms with Gasteiger partial charge in [0.25, 0.3) is 0 Å². The van der Waals surface area contributed by atoms with Gasteiger partial charge in [0, 0.05) is 25.2 Å². The molecule has 3 aromatic heterocycles. The standard InChI is InChI=1S/C18H21N7/c1-18(2,3)17-23-13-8-11(6-7-14(13)24(17)4)22-15-12-9-21-25(5)16(12)20-10-19-15/h6-10H,1-5H3,(H,19,20,22). The van der Waals surface area contributed by atoms with Crippen LogP contribution in [0.15, 0.2) is 30.7 Å². The molecule has 0 aliphatic rings. The summed E-state index contributed by atoms with van der Waals surface area (Å²) in [5.41, 5.74) is 3.82. The Labute approximate surface area is 145 Å². The number of imidazole rings is 1. The van der Waals surface area contributed by atoms with E-state index in [0.717, 1.165) is 39.4 Å². The van der Waals surface area contributed by atoms with Crippen LogP contribution in [0.25, 0.3) is 22.1 Å². The molecule has 0 amide bonds. The third-order valence-electron chi connectivity index (χ3n) is 4.34. The van der Waals surface area contributed by atoms with Crippen molar-refractivity contribution >= 4 is 33.6 Å². The van der Waals surface area contributed by atoms with Crippen LogP contribution in [0.5, 0.6) is 0 Å². The maximum absolute atomic E-state index is 4.83. The summed E-state index contributed by atoms with van der Waals surface area (Å²) in [6, 6.07) is 6.18. The number of rotatable bonds is 2. The van der Waals surface area contributed by atoms with E-state index < -0.39 is 0 Å². The lowest BCUT2D eigenvalue weighted by molar-refractivity contribution is 0.526. The molecule has 0 fully saturated rings. The molecule has 1 aromatic carbocycles. The van der Waals surface area contributed by atoms with Gasteiger partial charge in [-0.05, 0) is 18.2 Å². The molecular weight excluding hydrogens is 314 g/mol. The van der Waals surface area contributed by atoms with Crippen LogP contribution in [0.4, 0.5) is 11.5 Å². The fraction of sp³-hybridized carbons (Fsp3) is 0.333. The Balaban J connectivity index is 1.77. The minimum Gasteiger partial charge on any atom is -0.339 e. The topological polar surface area (TPSA) is 73.5 Å². The van der Waals surface area contributed by atoms with E-state index in [-0.39, 0.29) is 5.41 Å². The van der Waals surface area contributed by atoms with Crippen molar-refractivity contribution in [1.82, 2.24) is 29.3 Å². The number of nitrogens with zero attached hydrogens (tertiary/aromatic N) is 6. The molecule has 7 nitrogen and oxygen atoms in total. The second kappa shape index (κ2) is 5.27. The molecule has 128 valence electrons. The highest BCUT2D eigenvalue weighted by Crippen LogP contribution is 2.28. The molecule has 4 rings (SSSR count). The van der Waals surface area contributed by atoms with Crippen LogP contribution in [-0.4, -0.2) is 29.3 Å². The van der Waals surface area contributed by atoms with Crippen molar-refractivity contribution in [2.75, 3.05) is 5.32 Å². The highest BCUT2D eigenvalue weighted by Gasteiger charge is 2.21. The van der Waals surface area contributed by atoms with Crippen LogP contribution >= 0.6 is 0 Å². The summed E-state index contributed by atoms with van der Waals surface area (Å²) >= 11 is 0. The van der Waals surface area contributed by atoms with E-state index in [1.807, 2.05) is 13.1 Å². The van der Waals surface area contributed by atoms with Gasteiger partial charge >= 0.3 is 0 Å². The summed E-state index contributed by atoms with van der Waals surface area (Å²) in [4.78, 5) is 13.5. The van der Waals surface area contributed by atoms with E-state index in [0.29, 0.717) is 0 Å². The van der Waals surface area contributed by atoms with Gasteiger partial charge in [0.15, 0.2) is 5.65 Å². The van der Waals surface area contributed by atoms with E-state index in [1.165, 1.54) is 0 Å². The lowest BCUT2D eigenvalue weighted by Gasteiger charge is -2.17. The Bertz CT molecular complexity index is 1080. The predicted octanol–water partition coefficient (Wildman–Crippen LogP) is 3.29. The Morgan fingerprint density at radius 3 is 2.64 bits per heavy atom. The van der Waals surface area contributed by atoms with Crippen LogP contribution in [0.1, 0.15) is 26.6 Å². The first kappa shape index (κ1) is 15.6. The minimum absolute atomic E-state index is 0.00408. The molecule has 4 aromatic rings. The molecule has 7 heteroatoms. The van der Waals surface area contributed by atoms with Crippen LogP contribution in [0.3, 0.4) is 0 Å². The number of fused-ring (bicyclic) bond motifs is 2. The highest BCUT2D eigenvalue weighted by atomic mass is 15.3. The summed E-state index contributed by atoms with van der Waals surface area (Å²) in [6.07, 6.45) is 3.32. The highest BCUT2D eigenvalue weighted by molar-refractivity contribution is 5.89. The van der Waals surface area contributed by atoms with Gasteiger partial charge < -0.3 is 9.88 Å². The summed E-state index contributed by atoms with van der Waals surface area (Å²) in [5.74, 6) is 1.81. The Morgan fingerprint density at radius 2 is 1.88 bits per heavy atom. The van der Waals surface area contributed by atoms with E-state index in [4.69, 9.17) is 4.98 Å². The largest absolute Gasteiger partial charge is 0.339 e. The quantitative estimate of drug-likeness (QED) is 0.608. The van der Waals surface area contributed by atoms with Gasteiger partial charge in [0.05, 0.1) is 22.6 Å². The maximum Gasteiger partial charge on any atom is 0.163 e. The monoisotopic (exact) mass is 335 g/mol. The third kappa shape index (κ3) is 2.52. The molecule has 0 atom stereocenters. The molecule has 0 aliphatic carbocycles. The van der Waals surface area contributed by atoms with Crippen LogP contribution in [0.2, 0.25) is 0 Å². The van der Waals surface area contributed by atoms with E-state index in [1.54, 1.807) is 17.2 Å². The van der Waals surface area contributed by atoms with Gasteiger partial charge in [-0.15, -0.1) is 0 Å². The second-order valence-electron chi connectivity index (χ2n) is 7.30. The predicted molar refractivity (Wildman–Crippen MR) is 99.0 cm³/mol. The summed E-state index contributed by atoms with van der Waals surface area (Å²) in [5, 5.41) is 8.50. The zero-order valence-corrected chi connectivity index (χ0v) is 15.1. The summed E-state index contributed by atoms with van der Waals surface area (Å²) < 4.78 is 3.89. The molecule has 0 radical (unpaired) electrons. The lowest BCUT2D eigenvalue weighted by atomic mass is 9.96. The molecule has 3 heterocycles. The van der Waals surface area contributed by atoms with Crippen molar-refractivity contribution < 1.29 is 0 Å². The van der Waals surface area contributed by atoms with Crippen LogP contribution < -0.4 is 5.32 Å². The van der Waals surface area contributed by atoms with E-state index >= 15 is 0 Å². The third-order valence-corrected chi connectivity index (χ3v) is 4.34. The number of hydrogen-bond acceptors (Lipinski definition) is 5. The Morgan fingerprint density at radius 1 is 1.08 bits per heavy atom. The zero-order chi connectivity index (χ0) is 17.8. The van der Waals surface area contributed by atoms with Gasteiger partial charge in [0.2, 0.25) is 0 Å². The SMILES string of the molecule is Cn1ncc2c(Nc3ccc4c(c3)nc(C(C)(C)C)n4C)ncnc21. The molecule has 0 unspecified atom stereocenters. The van der Waals surface area contributed by atoms with Gasteiger partial charge in [-0.2, -0.15) is 5.10 Å². The summed E-state index contributed by atoms with van der Waals surface area (Å²) in [6.45, 7) is 6.52. The second-order valence-corrected chi connectivity index (χ2v) is 7.30. The number of anilines is 2. The summed E-state index contributed by atoms with van der Waals surface area (Å²) in [7, 11) is 3.93. The molecule has 0 aliphatic heterocycles. The van der Waals surface area contributed by atoms with Crippen LogP contribution in [0, 0.1) is 0 Å². The minimum atomic E-state index is -0.00408. The van der Waals surface area contributed by atoms with E-state index in [9.17, 15) is 0 Å². The molecule has 0 bridgehead atoms. The average molecular weight is 335 g/mol. The van der Waals surface area contributed by atoms with Crippen molar-refractivity contribution in [3.05, 3.63) is 36.5 Å². The molecule has 0 saturated heterocycles. The van der Waals surface area contributed by atoms with Crippen molar-refractivity contribution in [2.24, 2.45) is 14.1 Å². The van der Waals surface area contributed by atoms with E-state index in [2.05, 4.69) is 64.9 Å². The zero-order valence-electron chi connectivity index (χ0n) is 15.1. The van der Waals surface area contributed by atoms with Gasteiger partial charge in [-0.3, -0.25) is 4.68 Å². The van der Waals surface area contributed by atoms with Crippen LogP contribution in [-0.2, 0) is 19.5 Å². The first-order valence-electron chi connectivity index (χ1n) is 8.21. The van der Waals surface area contributed by atoms with Crippen molar-refractivity contribution in [3.8, 4) is 0 Å².